The number of hydrogen-bond donors (Lipinski definition) is 0. The molecule has 3 nitrogen and oxygen atoms in total. The minimum Gasteiger partial charge on any atom is -0.279 e. The Balaban J connectivity index is 1.80. The minimum absolute atomic E-state index is 0.0948. The van der Waals surface area contributed by atoms with Crippen molar-refractivity contribution in [2.24, 2.45) is 10.8 Å². The number of nitrogens with zero attached hydrogens (tertiary/aromatic N) is 1. The molecule has 17 heavy (non-hydrogen) atoms. The standard InChI is InChI=1S/C14H21NO2/c1-13(2)7-4-10(8-13)15-11(16)9-14(12(15)17)5-3-6-14/h10H,3-9H2,1-2H3. The fourth-order valence-corrected chi connectivity index (χ4v) is 3.80. The van der Waals surface area contributed by atoms with Crippen LogP contribution in [0, 0.1) is 10.8 Å². The van der Waals surface area contributed by atoms with Gasteiger partial charge in [0.15, 0.2) is 0 Å². The van der Waals surface area contributed by atoms with Crippen molar-refractivity contribution in [2.75, 3.05) is 0 Å². The van der Waals surface area contributed by atoms with Gasteiger partial charge in [0.25, 0.3) is 0 Å². The normalized spacial score (nSPS) is 34.5. The van der Waals surface area contributed by atoms with E-state index in [1.807, 2.05) is 0 Å². The van der Waals surface area contributed by atoms with Gasteiger partial charge in [-0.15, -0.1) is 0 Å². The van der Waals surface area contributed by atoms with Gasteiger partial charge in [-0.1, -0.05) is 20.3 Å². The number of carbonyl (C=O) groups excluding carboxylic acids is 2. The molecule has 2 aliphatic carbocycles. The molecular weight excluding hydrogens is 214 g/mol. The van der Waals surface area contributed by atoms with E-state index in [1.165, 1.54) is 0 Å². The lowest BCUT2D eigenvalue weighted by molar-refractivity contribution is -0.146. The molecule has 0 radical (unpaired) electrons. The van der Waals surface area contributed by atoms with Crippen molar-refractivity contribution in [3.8, 4) is 0 Å². The van der Waals surface area contributed by atoms with Gasteiger partial charge in [0, 0.05) is 12.5 Å². The molecule has 3 fully saturated rings. The highest BCUT2D eigenvalue weighted by atomic mass is 16.2. The van der Waals surface area contributed by atoms with Crippen LogP contribution in [0.25, 0.3) is 0 Å². The monoisotopic (exact) mass is 235 g/mol. The molecule has 3 rings (SSSR count). The second-order valence-electron chi connectivity index (χ2n) is 6.94. The van der Waals surface area contributed by atoms with Gasteiger partial charge in [-0.05, 0) is 37.5 Å². The van der Waals surface area contributed by atoms with Gasteiger partial charge in [-0.3, -0.25) is 14.5 Å². The molecule has 3 aliphatic rings. The molecule has 1 saturated heterocycles. The van der Waals surface area contributed by atoms with Gasteiger partial charge in [0.1, 0.15) is 0 Å². The Bertz CT molecular complexity index is 382. The maximum absolute atomic E-state index is 12.4. The van der Waals surface area contributed by atoms with Crippen molar-refractivity contribution in [3.05, 3.63) is 0 Å². The third-order valence-electron chi connectivity index (χ3n) is 5.05. The Morgan fingerprint density at radius 2 is 1.88 bits per heavy atom. The van der Waals surface area contributed by atoms with E-state index in [2.05, 4.69) is 13.8 Å². The summed E-state index contributed by atoms with van der Waals surface area (Å²) in [5, 5.41) is 0. The Morgan fingerprint density at radius 3 is 2.29 bits per heavy atom. The quantitative estimate of drug-likeness (QED) is 0.655. The van der Waals surface area contributed by atoms with Crippen LogP contribution in [0.1, 0.15) is 58.8 Å². The lowest BCUT2D eigenvalue weighted by Gasteiger charge is -2.36. The molecule has 2 amide bonds. The number of hydrogen-bond acceptors (Lipinski definition) is 2. The van der Waals surface area contributed by atoms with Crippen molar-refractivity contribution in [1.82, 2.24) is 4.90 Å². The maximum atomic E-state index is 12.4. The van der Waals surface area contributed by atoms with Crippen LogP contribution in [0.15, 0.2) is 0 Å². The molecule has 1 atom stereocenters. The average molecular weight is 235 g/mol. The fraction of sp³-hybridized carbons (Fsp3) is 0.857. The first kappa shape index (κ1) is 11.2. The van der Waals surface area contributed by atoms with Gasteiger partial charge in [0.05, 0.1) is 5.41 Å². The van der Waals surface area contributed by atoms with Crippen LogP contribution >= 0.6 is 0 Å². The summed E-state index contributed by atoms with van der Waals surface area (Å²) in [6.45, 7) is 4.47. The predicted octanol–water partition coefficient (Wildman–Crippen LogP) is 2.49. The lowest BCUT2D eigenvalue weighted by Crippen LogP contribution is -2.44. The summed E-state index contributed by atoms with van der Waals surface area (Å²) >= 11 is 0. The summed E-state index contributed by atoms with van der Waals surface area (Å²) in [5.74, 6) is 0.244. The van der Waals surface area contributed by atoms with Crippen molar-refractivity contribution < 1.29 is 9.59 Å². The van der Waals surface area contributed by atoms with Gasteiger partial charge in [-0.25, -0.2) is 0 Å². The molecule has 3 heteroatoms. The number of imide groups is 1. The summed E-state index contributed by atoms with van der Waals surface area (Å²) < 4.78 is 0. The molecule has 0 N–H and O–H groups in total. The first-order valence-electron chi connectivity index (χ1n) is 6.80. The highest BCUT2D eigenvalue weighted by molar-refractivity contribution is 6.06. The van der Waals surface area contributed by atoms with Crippen molar-refractivity contribution in [1.29, 1.82) is 0 Å². The van der Waals surface area contributed by atoms with E-state index in [9.17, 15) is 9.59 Å². The first-order chi connectivity index (χ1) is 7.94. The van der Waals surface area contributed by atoms with Gasteiger partial charge >= 0.3 is 0 Å². The molecule has 1 aliphatic heterocycles. The van der Waals surface area contributed by atoms with Crippen LogP contribution in [0.4, 0.5) is 0 Å². The van der Waals surface area contributed by atoms with Gasteiger partial charge in [0.2, 0.25) is 11.8 Å². The van der Waals surface area contributed by atoms with Crippen LogP contribution in [-0.4, -0.2) is 22.8 Å². The molecular formula is C14H21NO2. The zero-order valence-electron chi connectivity index (χ0n) is 10.8. The average Bonchev–Trinajstić information content (AvgIpc) is 2.64. The molecule has 0 aromatic heterocycles. The zero-order chi connectivity index (χ0) is 12.3. The smallest absolute Gasteiger partial charge is 0.236 e. The Kier molecular flexibility index (Phi) is 2.20. The number of amides is 2. The molecule has 1 spiro atoms. The third kappa shape index (κ3) is 1.54. The molecule has 0 aromatic carbocycles. The molecule has 94 valence electrons. The summed E-state index contributed by atoms with van der Waals surface area (Å²) in [4.78, 5) is 26.2. The van der Waals surface area contributed by atoms with Crippen LogP contribution < -0.4 is 0 Å². The number of carbonyl (C=O) groups is 2. The largest absolute Gasteiger partial charge is 0.279 e. The molecule has 2 saturated carbocycles. The van der Waals surface area contributed by atoms with Gasteiger partial charge < -0.3 is 0 Å². The molecule has 0 aromatic rings. The summed E-state index contributed by atoms with van der Waals surface area (Å²) in [7, 11) is 0. The zero-order valence-corrected chi connectivity index (χ0v) is 10.8. The fourth-order valence-electron chi connectivity index (χ4n) is 3.80. The van der Waals surface area contributed by atoms with E-state index in [-0.39, 0.29) is 23.3 Å². The maximum Gasteiger partial charge on any atom is 0.236 e. The second kappa shape index (κ2) is 3.33. The second-order valence-corrected chi connectivity index (χ2v) is 6.94. The SMILES string of the molecule is CC1(C)CCC(N2C(=O)CC3(CCC3)C2=O)C1. The van der Waals surface area contributed by atoms with E-state index in [4.69, 9.17) is 0 Å². The molecule has 0 bridgehead atoms. The highest BCUT2D eigenvalue weighted by Crippen LogP contribution is 2.52. The van der Waals surface area contributed by atoms with E-state index < -0.39 is 0 Å². The minimum atomic E-state index is -0.260. The highest BCUT2D eigenvalue weighted by Gasteiger charge is 2.57. The van der Waals surface area contributed by atoms with Crippen molar-refractivity contribution >= 4 is 11.8 Å². The molecule has 1 heterocycles. The summed E-state index contributed by atoms with van der Waals surface area (Å²) in [5.41, 5.74) is 0.0322. The van der Waals surface area contributed by atoms with E-state index in [0.717, 1.165) is 38.5 Å². The Labute approximate surface area is 103 Å². The van der Waals surface area contributed by atoms with Crippen molar-refractivity contribution in [2.45, 2.75) is 64.8 Å². The van der Waals surface area contributed by atoms with Crippen LogP contribution in [0.3, 0.4) is 0 Å². The lowest BCUT2D eigenvalue weighted by atomic mass is 9.68. The van der Waals surface area contributed by atoms with Crippen molar-refractivity contribution in [3.63, 3.8) is 0 Å². The summed E-state index contributed by atoms with van der Waals surface area (Å²) in [6.07, 6.45) is 6.59. The Morgan fingerprint density at radius 1 is 1.18 bits per heavy atom. The predicted molar refractivity (Wildman–Crippen MR) is 64.2 cm³/mol. The Hall–Kier alpha value is -0.860. The number of likely N-dealkylation sites (tertiary alicyclic amines) is 1. The van der Waals surface area contributed by atoms with E-state index >= 15 is 0 Å². The van der Waals surface area contributed by atoms with E-state index in [0.29, 0.717) is 11.8 Å². The van der Waals surface area contributed by atoms with Gasteiger partial charge in [-0.2, -0.15) is 0 Å². The molecule has 1 unspecified atom stereocenters. The summed E-state index contributed by atoms with van der Waals surface area (Å²) in [6, 6.07) is 0.185. The van der Waals surface area contributed by atoms with E-state index in [1.54, 1.807) is 4.90 Å². The van der Waals surface area contributed by atoms with Crippen LogP contribution in [0.2, 0.25) is 0 Å². The third-order valence-corrected chi connectivity index (χ3v) is 5.05. The number of rotatable bonds is 1. The first-order valence-corrected chi connectivity index (χ1v) is 6.80. The topological polar surface area (TPSA) is 37.4 Å². The van der Waals surface area contributed by atoms with Crippen LogP contribution in [0.5, 0.6) is 0 Å². The van der Waals surface area contributed by atoms with Crippen LogP contribution in [-0.2, 0) is 9.59 Å².